The van der Waals surface area contributed by atoms with Crippen molar-refractivity contribution in [3.05, 3.63) is 10.6 Å². The van der Waals surface area contributed by atoms with Gasteiger partial charge in [-0.1, -0.05) is 0 Å². The van der Waals surface area contributed by atoms with Crippen LogP contribution in [0, 0.1) is 12.3 Å². The Bertz CT molecular complexity index is 258. The first-order chi connectivity index (χ1) is 4.24. The van der Waals surface area contributed by atoms with E-state index in [2.05, 4.69) is 31.9 Å². The summed E-state index contributed by atoms with van der Waals surface area (Å²) in [4.78, 5) is 3.86. The van der Waals surface area contributed by atoms with Crippen LogP contribution in [0.3, 0.4) is 0 Å². The van der Waals surface area contributed by atoms with Gasteiger partial charge in [0.25, 0.3) is 0 Å². The zero-order valence-electron chi connectivity index (χ0n) is 4.80. The second-order valence-electron chi connectivity index (χ2n) is 1.47. The fourth-order valence-electron chi connectivity index (χ4n) is 0.479. The summed E-state index contributed by atoms with van der Waals surface area (Å²) in [5, 5.41) is 3.86. The Morgan fingerprint density at radius 2 is 2.44 bits per heavy atom. The number of hydrogen-bond acceptors (Lipinski definition) is 2. The van der Waals surface area contributed by atoms with E-state index in [1.807, 2.05) is 0 Å². The number of aromatic nitrogens is 3. The van der Waals surface area contributed by atoms with E-state index in [-0.39, 0.29) is 0 Å². The summed E-state index contributed by atoms with van der Waals surface area (Å²) in [6, 6.07) is 0. The number of nitrogens with zero attached hydrogens (tertiary/aromatic N) is 3. The van der Waals surface area contributed by atoms with E-state index in [0.29, 0.717) is 10.6 Å². The highest BCUT2D eigenvalue weighted by Crippen LogP contribution is 2.01. The molecule has 9 heavy (non-hydrogen) atoms. The molecule has 1 aromatic heterocycles. The summed E-state index contributed by atoms with van der Waals surface area (Å²) in [5.41, 5.74) is 0. The average molecular weight is 186 g/mol. The summed E-state index contributed by atoms with van der Waals surface area (Å²) >= 11 is 3.09. The third-order valence-corrected chi connectivity index (χ3v) is 1.20. The number of rotatable bonds is 0. The zero-order chi connectivity index (χ0) is 6.85. The van der Waals surface area contributed by atoms with Crippen LogP contribution in [0.25, 0.3) is 0 Å². The fraction of sp³-hybridized carbons (Fsp3) is 0.200. The molecular weight excluding hydrogens is 182 g/mol. The zero-order valence-corrected chi connectivity index (χ0v) is 6.38. The van der Waals surface area contributed by atoms with Crippen molar-refractivity contribution in [2.24, 2.45) is 7.05 Å². The van der Waals surface area contributed by atoms with Gasteiger partial charge in [-0.05, 0) is 21.9 Å². The van der Waals surface area contributed by atoms with Gasteiger partial charge >= 0.3 is 0 Å². The first kappa shape index (κ1) is 6.30. The monoisotopic (exact) mass is 185 g/mol. The Kier molecular flexibility index (Phi) is 1.54. The van der Waals surface area contributed by atoms with Gasteiger partial charge in [-0.25, -0.2) is 4.68 Å². The highest BCUT2D eigenvalue weighted by molar-refractivity contribution is 9.10. The molecule has 3 nitrogen and oxygen atoms in total. The van der Waals surface area contributed by atoms with E-state index in [4.69, 9.17) is 6.42 Å². The van der Waals surface area contributed by atoms with Gasteiger partial charge in [0, 0.05) is 7.05 Å². The van der Waals surface area contributed by atoms with Crippen molar-refractivity contribution >= 4 is 15.9 Å². The maximum Gasteiger partial charge on any atom is 0.218 e. The number of halogens is 1. The van der Waals surface area contributed by atoms with Crippen LogP contribution in [-0.4, -0.2) is 14.8 Å². The van der Waals surface area contributed by atoms with Crippen LogP contribution in [0.2, 0.25) is 0 Å². The lowest BCUT2D eigenvalue weighted by atomic mass is 10.6. The molecule has 4 heteroatoms. The highest BCUT2D eigenvalue weighted by atomic mass is 79.9. The van der Waals surface area contributed by atoms with Crippen LogP contribution in [0.15, 0.2) is 4.73 Å². The molecule has 0 aliphatic heterocycles. The van der Waals surface area contributed by atoms with Crippen molar-refractivity contribution in [3.8, 4) is 12.3 Å². The van der Waals surface area contributed by atoms with Crippen LogP contribution < -0.4 is 0 Å². The molecule has 0 aliphatic carbocycles. The highest BCUT2D eigenvalue weighted by Gasteiger charge is 1.98. The Labute approximate surface area is 61.2 Å². The molecule has 0 saturated heterocycles. The lowest BCUT2D eigenvalue weighted by molar-refractivity contribution is 0.749. The minimum atomic E-state index is 0.526. The van der Waals surface area contributed by atoms with E-state index in [1.165, 1.54) is 4.68 Å². The number of terminal acetylenes is 1. The standard InChI is InChI=1S/C5H4BrN3/c1-3-4-7-5(6)8-9(4)2/h1H,2H3. The summed E-state index contributed by atoms with van der Waals surface area (Å²) in [7, 11) is 1.74. The van der Waals surface area contributed by atoms with Crippen molar-refractivity contribution in [2.75, 3.05) is 0 Å². The van der Waals surface area contributed by atoms with E-state index < -0.39 is 0 Å². The molecular formula is C5H4BrN3. The first-order valence-corrected chi connectivity index (χ1v) is 3.06. The predicted molar refractivity (Wildman–Crippen MR) is 36.6 cm³/mol. The second kappa shape index (κ2) is 2.19. The largest absolute Gasteiger partial charge is 0.241 e. The summed E-state index contributed by atoms with van der Waals surface area (Å²) in [6.07, 6.45) is 5.07. The second-order valence-corrected chi connectivity index (χ2v) is 2.18. The maximum absolute atomic E-state index is 5.07. The predicted octanol–water partition coefficient (Wildman–Crippen LogP) is 0.559. The lowest BCUT2D eigenvalue weighted by Crippen LogP contribution is -1.93. The molecule has 1 heterocycles. The quantitative estimate of drug-likeness (QED) is 0.554. The molecule has 1 aromatic rings. The fourth-order valence-corrected chi connectivity index (χ4v) is 0.885. The minimum Gasteiger partial charge on any atom is -0.241 e. The number of aryl methyl sites for hydroxylation is 1. The van der Waals surface area contributed by atoms with E-state index >= 15 is 0 Å². The summed E-state index contributed by atoms with van der Waals surface area (Å²) < 4.78 is 2.06. The molecule has 0 saturated carbocycles. The maximum atomic E-state index is 5.07. The van der Waals surface area contributed by atoms with Gasteiger partial charge in [0.1, 0.15) is 0 Å². The topological polar surface area (TPSA) is 30.7 Å². The van der Waals surface area contributed by atoms with Gasteiger partial charge in [0.2, 0.25) is 10.6 Å². The Morgan fingerprint density at radius 3 is 2.67 bits per heavy atom. The van der Waals surface area contributed by atoms with E-state index in [0.717, 1.165) is 0 Å². The molecule has 0 fully saturated rings. The molecule has 0 aromatic carbocycles. The molecule has 1 rings (SSSR count). The lowest BCUT2D eigenvalue weighted by Gasteiger charge is -1.83. The average Bonchev–Trinajstić information content (AvgIpc) is 2.10. The van der Waals surface area contributed by atoms with Crippen LogP contribution in [0.1, 0.15) is 5.82 Å². The van der Waals surface area contributed by atoms with Crippen molar-refractivity contribution in [3.63, 3.8) is 0 Å². The summed E-state index contributed by atoms with van der Waals surface area (Å²) in [6.45, 7) is 0. The van der Waals surface area contributed by atoms with E-state index in [9.17, 15) is 0 Å². The van der Waals surface area contributed by atoms with Crippen molar-refractivity contribution in [2.45, 2.75) is 0 Å². The van der Waals surface area contributed by atoms with Crippen LogP contribution in [0.4, 0.5) is 0 Å². The van der Waals surface area contributed by atoms with Gasteiger partial charge in [-0.15, -0.1) is 11.5 Å². The Hall–Kier alpha value is -0.820. The normalized spacial score (nSPS) is 9.00. The molecule has 46 valence electrons. The van der Waals surface area contributed by atoms with Gasteiger partial charge in [-0.3, -0.25) is 0 Å². The molecule has 0 spiro atoms. The Morgan fingerprint density at radius 1 is 1.78 bits per heavy atom. The third-order valence-electron chi connectivity index (χ3n) is 0.866. The minimum absolute atomic E-state index is 0.526. The summed E-state index contributed by atoms with van der Waals surface area (Å²) in [5.74, 6) is 2.90. The molecule has 0 atom stereocenters. The van der Waals surface area contributed by atoms with Gasteiger partial charge in [0.15, 0.2) is 0 Å². The SMILES string of the molecule is C#Cc1nc(Br)nn1C. The molecule has 0 unspecified atom stereocenters. The van der Waals surface area contributed by atoms with Gasteiger partial charge in [-0.2, -0.15) is 4.98 Å². The van der Waals surface area contributed by atoms with Crippen LogP contribution in [-0.2, 0) is 7.05 Å². The Balaban J connectivity index is 3.20. The molecule has 0 amide bonds. The van der Waals surface area contributed by atoms with Crippen molar-refractivity contribution in [1.82, 2.24) is 14.8 Å². The molecule has 0 N–H and O–H groups in total. The van der Waals surface area contributed by atoms with E-state index in [1.54, 1.807) is 7.05 Å². The van der Waals surface area contributed by atoms with Crippen LogP contribution in [0.5, 0.6) is 0 Å². The third kappa shape index (κ3) is 1.11. The number of hydrogen-bond donors (Lipinski definition) is 0. The molecule has 0 radical (unpaired) electrons. The van der Waals surface area contributed by atoms with Crippen molar-refractivity contribution < 1.29 is 0 Å². The van der Waals surface area contributed by atoms with Gasteiger partial charge < -0.3 is 0 Å². The smallest absolute Gasteiger partial charge is 0.218 e. The first-order valence-electron chi connectivity index (χ1n) is 2.27. The molecule has 0 bridgehead atoms. The van der Waals surface area contributed by atoms with Gasteiger partial charge in [0.05, 0.1) is 0 Å². The molecule has 0 aliphatic rings. The van der Waals surface area contributed by atoms with Crippen molar-refractivity contribution in [1.29, 1.82) is 0 Å². The van der Waals surface area contributed by atoms with Crippen LogP contribution >= 0.6 is 15.9 Å².